The minimum Gasteiger partial charge on any atom is -0.459 e. The molecule has 168 valence electrons. The Balaban J connectivity index is 1.20. The van der Waals surface area contributed by atoms with Gasteiger partial charge in [0.05, 0.1) is 11.8 Å². The first-order valence-electron chi connectivity index (χ1n) is 12.9. The van der Waals surface area contributed by atoms with E-state index in [4.69, 9.17) is 9.47 Å². The van der Waals surface area contributed by atoms with Gasteiger partial charge in [-0.25, -0.2) is 0 Å². The highest BCUT2D eigenvalue weighted by molar-refractivity contribution is 5.77. The summed E-state index contributed by atoms with van der Waals surface area (Å²) in [6.45, 7) is 4.35. The molecule has 2 unspecified atom stereocenters. The third-order valence-electron chi connectivity index (χ3n) is 9.98. The fraction of sp³-hybridized carbons (Fsp3) is 0.923. The molecule has 0 aliphatic heterocycles. The Labute approximate surface area is 181 Å². The summed E-state index contributed by atoms with van der Waals surface area (Å²) in [4.78, 5) is 26.3. The maximum atomic E-state index is 13.2. The maximum Gasteiger partial charge on any atom is 0.309 e. The number of esters is 2. The van der Waals surface area contributed by atoms with Gasteiger partial charge >= 0.3 is 11.9 Å². The molecule has 4 nitrogen and oxygen atoms in total. The van der Waals surface area contributed by atoms with E-state index in [9.17, 15) is 9.59 Å². The molecule has 0 radical (unpaired) electrons. The van der Waals surface area contributed by atoms with Crippen molar-refractivity contribution in [3.8, 4) is 0 Å². The summed E-state index contributed by atoms with van der Waals surface area (Å²) in [7, 11) is 0. The van der Waals surface area contributed by atoms with Gasteiger partial charge in [0.2, 0.25) is 0 Å². The predicted molar refractivity (Wildman–Crippen MR) is 115 cm³/mol. The van der Waals surface area contributed by atoms with E-state index in [0.717, 1.165) is 56.8 Å². The van der Waals surface area contributed by atoms with Crippen LogP contribution in [0.4, 0.5) is 0 Å². The van der Waals surface area contributed by atoms with Crippen molar-refractivity contribution in [1.82, 2.24) is 0 Å². The Kier molecular flexibility index (Phi) is 5.42. The molecule has 5 aliphatic carbocycles. The van der Waals surface area contributed by atoms with Crippen LogP contribution in [0.2, 0.25) is 0 Å². The van der Waals surface area contributed by atoms with Gasteiger partial charge in [-0.2, -0.15) is 0 Å². The van der Waals surface area contributed by atoms with Crippen LogP contribution in [0.1, 0.15) is 104 Å². The quantitative estimate of drug-likeness (QED) is 0.512. The molecule has 0 heterocycles. The van der Waals surface area contributed by atoms with Crippen LogP contribution in [-0.2, 0) is 19.1 Å². The molecule has 30 heavy (non-hydrogen) atoms. The van der Waals surface area contributed by atoms with Crippen molar-refractivity contribution in [2.45, 2.75) is 115 Å². The molecular weight excluding hydrogens is 376 g/mol. The largest absolute Gasteiger partial charge is 0.459 e. The summed E-state index contributed by atoms with van der Waals surface area (Å²) in [5, 5.41) is 0. The van der Waals surface area contributed by atoms with E-state index < -0.39 is 0 Å². The zero-order valence-electron chi connectivity index (χ0n) is 19.0. The Morgan fingerprint density at radius 1 is 0.700 bits per heavy atom. The molecule has 0 aromatic rings. The SMILES string of the molecule is CC[C@@]1(OC(=O)C2CCCC(C(=O)O[C@@]3(CC)C[C@H]4CC[C@@H]3C4)C2)C[C@@H]2CC[C@H]1C2. The zero-order valence-corrected chi connectivity index (χ0v) is 19.0. The van der Waals surface area contributed by atoms with E-state index in [0.29, 0.717) is 18.3 Å². The lowest BCUT2D eigenvalue weighted by Gasteiger charge is -2.40. The number of carbonyl (C=O) groups excluding carboxylic acids is 2. The molecule has 5 rings (SSSR count). The zero-order chi connectivity index (χ0) is 20.9. The molecule has 5 aliphatic rings. The van der Waals surface area contributed by atoms with Crippen LogP contribution in [0.5, 0.6) is 0 Å². The predicted octanol–water partition coefficient (Wildman–Crippen LogP) is 5.82. The number of hydrogen-bond donors (Lipinski definition) is 0. The third kappa shape index (κ3) is 3.41. The van der Waals surface area contributed by atoms with E-state index in [1.807, 2.05) is 0 Å². The van der Waals surface area contributed by atoms with Crippen LogP contribution >= 0.6 is 0 Å². The first-order valence-corrected chi connectivity index (χ1v) is 12.9. The van der Waals surface area contributed by atoms with E-state index in [2.05, 4.69) is 13.8 Å². The van der Waals surface area contributed by atoms with Gasteiger partial charge in [0.25, 0.3) is 0 Å². The van der Waals surface area contributed by atoms with Gasteiger partial charge in [-0.1, -0.05) is 20.3 Å². The Bertz CT molecular complexity index is 633. The molecule has 5 saturated carbocycles. The fourth-order valence-electron chi connectivity index (χ4n) is 8.23. The molecule has 8 atom stereocenters. The summed E-state index contributed by atoms with van der Waals surface area (Å²) in [5.41, 5.74) is -0.439. The van der Waals surface area contributed by atoms with Gasteiger partial charge in [-0.3, -0.25) is 9.59 Å². The summed E-state index contributed by atoms with van der Waals surface area (Å²) < 4.78 is 12.5. The van der Waals surface area contributed by atoms with E-state index in [1.54, 1.807) is 0 Å². The van der Waals surface area contributed by atoms with Gasteiger partial charge in [0, 0.05) is 0 Å². The summed E-state index contributed by atoms with van der Waals surface area (Å²) in [6, 6.07) is 0. The van der Waals surface area contributed by atoms with Crippen LogP contribution in [0.15, 0.2) is 0 Å². The van der Waals surface area contributed by atoms with Crippen LogP contribution < -0.4 is 0 Å². The molecule has 4 heteroatoms. The van der Waals surface area contributed by atoms with Crippen molar-refractivity contribution in [1.29, 1.82) is 0 Å². The number of rotatable bonds is 6. The molecule has 4 bridgehead atoms. The molecule has 0 saturated heterocycles. The first-order chi connectivity index (χ1) is 14.5. The Hall–Kier alpha value is -1.06. The number of carbonyl (C=O) groups is 2. The minimum absolute atomic E-state index is 0.0352. The topological polar surface area (TPSA) is 52.6 Å². The number of hydrogen-bond acceptors (Lipinski definition) is 4. The van der Waals surface area contributed by atoms with Crippen molar-refractivity contribution in [2.24, 2.45) is 35.5 Å². The molecule has 0 aromatic heterocycles. The first kappa shape index (κ1) is 20.8. The van der Waals surface area contributed by atoms with Gasteiger partial charge in [0.1, 0.15) is 11.2 Å². The van der Waals surface area contributed by atoms with Crippen LogP contribution in [0.25, 0.3) is 0 Å². The van der Waals surface area contributed by atoms with Gasteiger partial charge in [-0.05, 0) is 107 Å². The summed E-state index contributed by atoms with van der Waals surface area (Å²) >= 11 is 0. The number of ether oxygens (including phenoxy) is 2. The average Bonchev–Trinajstić information content (AvgIpc) is 3.55. The van der Waals surface area contributed by atoms with Crippen molar-refractivity contribution >= 4 is 11.9 Å². The third-order valence-corrected chi connectivity index (χ3v) is 9.98. The highest BCUT2D eigenvalue weighted by atomic mass is 16.6. The van der Waals surface area contributed by atoms with Gasteiger partial charge in [-0.15, -0.1) is 0 Å². The van der Waals surface area contributed by atoms with E-state index in [-0.39, 0.29) is 35.0 Å². The number of fused-ring (bicyclic) bond motifs is 4. The molecule has 0 aromatic carbocycles. The fourth-order valence-corrected chi connectivity index (χ4v) is 8.23. The lowest BCUT2D eigenvalue weighted by atomic mass is 9.79. The molecule has 0 spiro atoms. The van der Waals surface area contributed by atoms with Crippen LogP contribution in [0.3, 0.4) is 0 Å². The average molecular weight is 417 g/mol. The molecule has 0 N–H and O–H groups in total. The molecular formula is C26H40O4. The monoisotopic (exact) mass is 416 g/mol. The second-order valence-corrected chi connectivity index (χ2v) is 11.4. The smallest absolute Gasteiger partial charge is 0.309 e. The van der Waals surface area contributed by atoms with E-state index in [1.165, 1.54) is 38.5 Å². The van der Waals surface area contributed by atoms with Crippen molar-refractivity contribution < 1.29 is 19.1 Å². The van der Waals surface area contributed by atoms with Crippen LogP contribution in [0, 0.1) is 35.5 Å². The summed E-state index contributed by atoms with van der Waals surface area (Å²) in [6.07, 6.45) is 14.8. The van der Waals surface area contributed by atoms with Crippen molar-refractivity contribution in [3.63, 3.8) is 0 Å². The standard InChI is InChI=1S/C26H40O4/c1-3-25(15-17-8-10-21(25)12-17)29-23(27)19-6-5-7-20(14-19)24(28)30-26(4-2)16-18-9-11-22(26)13-18/h17-22H,3-16H2,1-2H3/t17-,18+,19?,20?,21+,22-,25-,26+. The molecule has 0 amide bonds. The second kappa shape index (κ2) is 7.81. The van der Waals surface area contributed by atoms with Crippen LogP contribution in [-0.4, -0.2) is 23.1 Å². The normalized spacial score (nSPS) is 46.9. The summed E-state index contributed by atoms with van der Waals surface area (Å²) in [5.74, 6) is 2.30. The van der Waals surface area contributed by atoms with E-state index >= 15 is 0 Å². The van der Waals surface area contributed by atoms with Crippen molar-refractivity contribution in [2.75, 3.05) is 0 Å². The highest BCUT2D eigenvalue weighted by Crippen LogP contribution is 2.55. The lowest BCUT2D eigenvalue weighted by molar-refractivity contribution is -0.178. The van der Waals surface area contributed by atoms with Gasteiger partial charge in [0.15, 0.2) is 0 Å². The minimum atomic E-state index is -0.219. The lowest BCUT2D eigenvalue weighted by Crippen LogP contribution is -2.44. The van der Waals surface area contributed by atoms with Crippen molar-refractivity contribution in [3.05, 3.63) is 0 Å². The Morgan fingerprint density at radius 2 is 1.17 bits per heavy atom. The maximum absolute atomic E-state index is 13.2. The van der Waals surface area contributed by atoms with Gasteiger partial charge < -0.3 is 9.47 Å². The second-order valence-electron chi connectivity index (χ2n) is 11.4. The Morgan fingerprint density at radius 3 is 1.50 bits per heavy atom. The molecule has 5 fully saturated rings. The highest BCUT2D eigenvalue weighted by Gasteiger charge is 2.54.